The lowest BCUT2D eigenvalue weighted by Gasteiger charge is -2.23. The molecule has 1 aliphatic heterocycles. The highest BCUT2D eigenvalue weighted by Gasteiger charge is 2.17. The molecule has 3 aromatic rings. The van der Waals surface area contributed by atoms with E-state index in [1.165, 1.54) is 12.1 Å². The Labute approximate surface area is 173 Å². The minimum atomic E-state index is -0.301. The zero-order chi connectivity index (χ0) is 20.9. The minimum absolute atomic E-state index is 0.126. The van der Waals surface area contributed by atoms with E-state index in [0.29, 0.717) is 30.2 Å². The van der Waals surface area contributed by atoms with Crippen molar-refractivity contribution < 1.29 is 13.9 Å². The van der Waals surface area contributed by atoms with E-state index in [9.17, 15) is 9.18 Å². The van der Waals surface area contributed by atoms with Gasteiger partial charge in [0, 0.05) is 38.1 Å². The van der Waals surface area contributed by atoms with Crippen LogP contribution in [0.3, 0.4) is 0 Å². The fourth-order valence-corrected chi connectivity index (χ4v) is 3.28. The standard InChI is InChI=1S/C22H22FN5O2/c1-28-20(21(26-27-28)15-2-5-17(23)6-3-15)9-8-18-7-4-16(14-24-18)22(29)25-19-10-12-30-13-11-19/h2-9,14,19H,10-13H2,1H3,(H,25,29). The highest BCUT2D eigenvalue weighted by molar-refractivity contribution is 5.94. The van der Waals surface area contributed by atoms with Crippen LogP contribution in [0.2, 0.25) is 0 Å². The first-order valence-electron chi connectivity index (χ1n) is 9.78. The molecule has 0 saturated carbocycles. The van der Waals surface area contributed by atoms with Gasteiger partial charge in [0.25, 0.3) is 5.91 Å². The zero-order valence-corrected chi connectivity index (χ0v) is 16.6. The summed E-state index contributed by atoms with van der Waals surface area (Å²) in [5.41, 5.74) is 3.42. The van der Waals surface area contributed by atoms with E-state index >= 15 is 0 Å². The van der Waals surface area contributed by atoms with Crippen LogP contribution in [0, 0.1) is 5.82 Å². The van der Waals surface area contributed by atoms with Crippen molar-refractivity contribution in [2.45, 2.75) is 18.9 Å². The molecule has 0 bridgehead atoms. The normalized spacial score (nSPS) is 14.9. The van der Waals surface area contributed by atoms with Crippen molar-refractivity contribution >= 4 is 18.1 Å². The number of amides is 1. The Balaban J connectivity index is 1.46. The van der Waals surface area contributed by atoms with Gasteiger partial charge in [-0.3, -0.25) is 9.78 Å². The molecule has 0 spiro atoms. The summed E-state index contributed by atoms with van der Waals surface area (Å²) in [6.45, 7) is 1.35. The molecule has 1 aromatic carbocycles. The lowest BCUT2D eigenvalue weighted by molar-refractivity contribution is 0.0696. The Morgan fingerprint density at radius 3 is 2.63 bits per heavy atom. The number of nitrogens with one attached hydrogen (secondary N) is 1. The second kappa shape index (κ2) is 8.96. The molecule has 8 heteroatoms. The number of ether oxygens (including phenoxy) is 1. The first-order valence-corrected chi connectivity index (χ1v) is 9.78. The van der Waals surface area contributed by atoms with Crippen molar-refractivity contribution in [2.24, 2.45) is 7.05 Å². The van der Waals surface area contributed by atoms with Gasteiger partial charge in [0.05, 0.1) is 17.0 Å². The highest BCUT2D eigenvalue weighted by Crippen LogP contribution is 2.22. The molecule has 4 rings (SSSR count). The predicted octanol–water partition coefficient (Wildman–Crippen LogP) is 3.10. The van der Waals surface area contributed by atoms with E-state index < -0.39 is 0 Å². The van der Waals surface area contributed by atoms with Gasteiger partial charge in [-0.25, -0.2) is 9.07 Å². The molecule has 154 valence electrons. The maximum atomic E-state index is 13.2. The lowest BCUT2D eigenvalue weighted by atomic mass is 10.1. The zero-order valence-electron chi connectivity index (χ0n) is 16.6. The molecule has 1 fully saturated rings. The third-order valence-corrected chi connectivity index (χ3v) is 5.00. The molecule has 1 amide bonds. The van der Waals surface area contributed by atoms with Crippen LogP contribution in [0.15, 0.2) is 42.6 Å². The van der Waals surface area contributed by atoms with Gasteiger partial charge in [-0.05, 0) is 61.4 Å². The third-order valence-electron chi connectivity index (χ3n) is 5.00. The van der Waals surface area contributed by atoms with E-state index in [2.05, 4.69) is 20.6 Å². The highest BCUT2D eigenvalue weighted by atomic mass is 19.1. The number of carbonyl (C=O) groups is 1. The topological polar surface area (TPSA) is 81.9 Å². The van der Waals surface area contributed by atoms with Gasteiger partial charge >= 0.3 is 0 Å². The van der Waals surface area contributed by atoms with Crippen LogP contribution in [0.5, 0.6) is 0 Å². The summed E-state index contributed by atoms with van der Waals surface area (Å²) in [6, 6.07) is 9.81. The van der Waals surface area contributed by atoms with Crippen LogP contribution < -0.4 is 5.32 Å². The summed E-state index contributed by atoms with van der Waals surface area (Å²) >= 11 is 0. The van der Waals surface area contributed by atoms with Crippen LogP contribution in [-0.2, 0) is 11.8 Å². The first kappa shape index (κ1) is 19.9. The van der Waals surface area contributed by atoms with Crippen LogP contribution in [0.25, 0.3) is 23.4 Å². The molecule has 3 heterocycles. The largest absolute Gasteiger partial charge is 0.381 e. The van der Waals surface area contributed by atoms with Crippen molar-refractivity contribution in [3.63, 3.8) is 0 Å². The van der Waals surface area contributed by atoms with Crippen molar-refractivity contribution in [2.75, 3.05) is 13.2 Å². The van der Waals surface area contributed by atoms with Crippen molar-refractivity contribution in [3.05, 3.63) is 65.4 Å². The van der Waals surface area contributed by atoms with Gasteiger partial charge in [0.15, 0.2) is 0 Å². The fraction of sp³-hybridized carbons (Fsp3) is 0.273. The monoisotopic (exact) mass is 407 g/mol. The number of aromatic nitrogens is 4. The predicted molar refractivity (Wildman–Crippen MR) is 111 cm³/mol. The van der Waals surface area contributed by atoms with Gasteiger partial charge in [-0.2, -0.15) is 0 Å². The maximum absolute atomic E-state index is 13.2. The van der Waals surface area contributed by atoms with Gasteiger partial charge in [0.1, 0.15) is 11.5 Å². The Morgan fingerprint density at radius 1 is 1.17 bits per heavy atom. The van der Waals surface area contributed by atoms with Gasteiger partial charge in [0.2, 0.25) is 0 Å². The van der Waals surface area contributed by atoms with Gasteiger partial charge in [-0.1, -0.05) is 5.21 Å². The molecule has 0 unspecified atom stereocenters. The number of hydrogen-bond acceptors (Lipinski definition) is 5. The maximum Gasteiger partial charge on any atom is 0.253 e. The number of halogens is 1. The van der Waals surface area contributed by atoms with Crippen LogP contribution >= 0.6 is 0 Å². The lowest BCUT2D eigenvalue weighted by Crippen LogP contribution is -2.38. The number of hydrogen-bond donors (Lipinski definition) is 1. The number of nitrogens with zero attached hydrogens (tertiary/aromatic N) is 4. The van der Waals surface area contributed by atoms with Crippen molar-refractivity contribution in [1.82, 2.24) is 25.3 Å². The Bertz CT molecular complexity index is 1040. The molecule has 1 N–H and O–H groups in total. The smallest absolute Gasteiger partial charge is 0.253 e. The molecule has 7 nitrogen and oxygen atoms in total. The number of carbonyl (C=O) groups excluding carboxylic acids is 1. The second-order valence-corrected chi connectivity index (χ2v) is 7.12. The quantitative estimate of drug-likeness (QED) is 0.703. The molecule has 30 heavy (non-hydrogen) atoms. The summed E-state index contributed by atoms with van der Waals surface area (Å²) in [4.78, 5) is 16.7. The van der Waals surface area contributed by atoms with Crippen molar-refractivity contribution in [3.8, 4) is 11.3 Å². The second-order valence-electron chi connectivity index (χ2n) is 7.12. The number of aryl methyl sites for hydroxylation is 1. The number of rotatable bonds is 5. The molecule has 1 aliphatic rings. The average Bonchev–Trinajstić information content (AvgIpc) is 3.14. The molecule has 0 radical (unpaired) electrons. The summed E-state index contributed by atoms with van der Waals surface area (Å²) in [7, 11) is 1.79. The molecule has 2 aromatic heterocycles. The van der Waals surface area contributed by atoms with E-state index in [-0.39, 0.29) is 17.8 Å². The van der Waals surface area contributed by atoms with E-state index in [0.717, 1.165) is 24.1 Å². The summed E-state index contributed by atoms with van der Waals surface area (Å²) < 4.78 is 20.2. The van der Waals surface area contributed by atoms with E-state index in [1.54, 1.807) is 42.2 Å². The molecule has 0 atom stereocenters. The Hall–Kier alpha value is -3.39. The number of pyridine rings is 1. The van der Waals surface area contributed by atoms with E-state index in [1.807, 2.05) is 12.2 Å². The van der Waals surface area contributed by atoms with E-state index in [4.69, 9.17) is 4.74 Å². The number of benzene rings is 1. The third kappa shape index (κ3) is 4.60. The first-order chi connectivity index (χ1) is 14.6. The summed E-state index contributed by atoms with van der Waals surface area (Å²) in [5.74, 6) is -0.427. The summed E-state index contributed by atoms with van der Waals surface area (Å²) in [6.07, 6.45) is 6.90. The van der Waals surface area contributed by atoms with Gasteiger partial charge in [-0.15, -0.1) is 5.10 Å². The van der Waals surface area contributed by atoms with Crippen LogP contribution in [-0.4, -0.2) is 45.1 Å². The molecule has 1 saturated heterocycles. The minimum Gasteiger partial charge on any atom is -0.381 e. The van der Waals surface area contributed by atoms with Crippen LogP contribution in [0.4, 0.5) is 4.39 Å². The van der Waals surface area contributed by atoms with Crippen LogP contribution in [0.1, 0.15) is 34.6 Å². The van der Waals surface area contributed by atoms with Crippen molar-refractivity contribution in [1.29, 1.82) is 0 Å². The molecule has 0 aliphatic carbocycles. The Kier molecular flexibility index (Phi) is 5.94. The fourth-order valence-electron chi connectivity index (χ4n) is 3.28. The molecular formula is C22H22FN5O2. The van der Waals surface area contributed by atoms with Gasteiger partial charge < -0.3 is 10.1 Å². The summed E-state index contributed by atoms with van der Waals surface area (Å²) in [5, 5.41) is 11.3. The Morgan fingerprint density at radius 2 is 1.93 bits per heavy atom. The average molecular weight is 407 g/mol. The molecular weight excluding hydrogens is 385 g/mol. The SMILES string of the molecule is Cn1nnc(-c2ccc(F)cc2)c1C=Cc1ccc(C(=O)NC2CCOCC2)cn1.